The van der Waals surface area contributed by atoms with Crippen molar-refractivity contribution in [2.24, 2.45) is 11.5 Å². The molecule has 0 aliphatic carbocycles. The van der Waals surface area contributed by atoms with E-state index in [4.69, 9.17) is 22.3 Å². The molecule has 1 aromatic heterocycles. The molecule has 0 spiro atoms. The van der Waals surface area contributed by atoms with Crippen LogP contribution in [0.4, 0.5) is 4.79 Å². The summed E-state index contributed by atoms with van der Waals surface area (Å²) in [5.74, 6) is 0.00886. The smallest absolute Gasteiger partial charge is 0.406 e. The number of methoxy groups -OCH3 is 1. The summed E-state index contributed by atoms with van der Waals surface area (Å²) < 4.78 is 4.62. The average Bonchev–Trinajstić information content (AvgIpc) is 3.05. The highest BCUT2D eigenvalue weighted by atomic mass is 16.5. The summed E-state index contributed by atoms with van der Waals surface area (Å²) in [4.78, 5) is 14.8. The van der Waals surface area contributed by atoms with Gasteiger partial charge in [-0.2, -0.15) is 0 Å². The second-order valence-electron chi connectivity index (χ2n) is 6.31. The van der Waals surface area contributed by atoms with E-state index >= 15 is 0 Å². The van der Waals surface area contributed by atoms with E-state index in [0.29, 0.717) is 24.1 Å². The van der Waals surface area contributed by atoms with Crippen LogP contribution in [0, 0.1) is 10.8 Å². The van der Waals surface area contributed by atoms with E-state index < -0.39 is 6.09 Å². The first kappa shape index (κ1) is 19.0. The molecule has 0 bridgehead atoms. The first-order valence-electron chi connectivity index (χ1n) is 8.66. The predicted octanol–water partition coefficient (Wildman–Crippen LogP) is 2.30. The molecule has 1 heterocycles. The van der Waals surface area contributed by atoms with Crippen molar-refractivity contribution in [2.75, 3.05) is 13.7 Å². The van der Waals surface area contributed by atoms with Crippen LogP contribution in [0.1, 0.15) is 16.7 Å². The minimum atomic E-state index is -0.480. The van der Waals surface area contributed by atoms with Gasteiger partial charge in [-0.25, -0.2) is 4.79 Å². The lowest BCUT2D eigenvalue weighted by molar-refractivity contribution is 0.171. The Labute approximate surface area is 161 Å². The molecule has 0 atom stereocenters. The number of nitrogens with one attached hydrogen (secondary N) is 4. The minimum Gasteiger partial charge on any atom is -0.453 e. The summed E-state index contributed by atoms with van der Waals surface area (Å²) in [6.45, 7) is 0.409. The van der Waals surface area contributed by atoms with Crippen molar-refractivity contribution in [1.82, 2.24) is 10.3 Å². The van der Waals surface area contributed by atoms with E-state index in [1.807, 2.05) is 24.3 Å². The Bertz CT molecular complexity index is 1050. The van der Waals surface area contributed by atoms with E-state index in [-0.39, 0.29) is 11.7 Å². The van der Waals surface area contributed by atoms with Crippen LogP contribution in [0.3, 0.4) is 0 Å². The maximum Gasteiger partial charge on any atom is 0.406 e. The summed E-state index contributed by atoms with van der Waals surface area (Å²) in [5.41, 5.74) is 16.1. The SMILES string of the molecule is COC(=O)NCCc1c(-c2ccc(C(=N)N)cc2)[nH]c2cc(C(=N)N)ccc12. The Morgan fingerprint density at radius 2 is 1.71 bits per heavy atom. The standard InChI is InChI=1S/C20H22N6O2/c1-28-20(27)25-9-8-15-14-7-6-13(19(23)24)10-16(14)26-17(15)11-2-4-12(5-3-11)18(21)22/h2-7,10,26H,8-9H2,1H3,(H3,21,22)(H3,23,24)(H,25,27). The summed E-state index contributed by atoms with van der Waals surface area (Å²) in [6.07, 6.45) is 0.101. The van der Waals surface area contributed by atoms with Gasteiger partial charge in [-0.3, -0.25) is 10.8 Å². The number of carbonyl (C=O) groups excluding carboxylic acids is 1. The number of benzene rings is 2. The topological polar surface area (TPSA) is 154 Å². The molecule has 2 aromatic carbocycles. The van der Waals surface area contributed by atoms with E-state index in [1.165, 1.54) is 7.11 Å². The van der Waals surface area contributed by atoms with Crippen LogP contribution < -0.4 is 16.8 Å². The summed E-state index contributed by atoms with van der Waals surface area (Å²) in [6, 6.07) is 12.9. The lowest BCUT2D eigenvalue weighted by Crippen LogP contribution is -2.25. The van der Waals surface area contributed by atoms with Crippen molar-refractivity contribution < 1.29 is 9.53 Å². The Morgan fingerprint density at radius 3 is 2.32 bits per heavy atom. The molecule has 8 N–H and O–H groups in total. The van der Waals surface area contributed by atoms with Crippen molar-refractivity contribution in [3.05, 3.63) is 59.2 Å². The number of amides is 1. The number of carbonyl (C=O) groups is 1. The van der Waals surface area contributed by atoms with Crippen molar-refractivity contribution in [3.63, 3.8) is 0 Å². The van der Waals surface area contributed by atoms with Crippen LogP contribution in [0.5, 0.6) is 0 Å². The van der Waals surface area contributed by atoms with Gasteiger partial charge in [0.25, 0.3) is 0 Å². The van der Waals surface area contributed by atoms with Crippen molar-refractivity contribution >= 4 is 28.7 Å². The van der Waals surface area contributed by atoms with Gasteiger partial charge in [0.1, 0.15) is 11.7 Å². The van der Waals surface area contributed by atoms with Gasteiger partial charge in [-0.15, -0.1) is 0 Å². The molecule has 1 amide bonds. The highest BCUT2D eigenvalue weighted by molar-refractivity contribution is 6.01. The monoisotopic (exact) mass is 378 g/mol. The number of H-pyrrole nitrogens is 1. The number of amidine groups is 2. The fraction of sp³-hybridized carbons (Fsp3) is 0.150. The first-order chi connectivity index (χ1) is 13.4. The van der Waals surface area contributed by atoms with Crippen LogP contribution in [-0.4, -0.2) is 36.4 Å². The lowest BCUT2D eigenvalue weighted by atomic mass is 10.0. The van der Waals surface area contributed by atoms with Crippen molar-refractivity contribution in [3.8, 4) is 11.3 Å². The van der Waals surface area contributed by atoms with Gasteiger partial charge in [0, 0.05) is 34.3 Å². The van der Waals surface area contributed by atoms with Crippen LogP contribution in [0.15, 0.2) is 42.5 Å². The van der Waals surface area contributed by atoms with E-state index in [2.05, 4.69) is 15.0 Å². The quantitative estimate of drug-likeness (QED) is 0.288. The predicted molar refractivity (Wildman–Crippen MR) is 110 cm³/mol. The largest absolute Gasteiger partial charge is 0.453 e. The third kappa shape index (κ3) is 3.80. The molecule has 144 valence electrons. The van der Waals surface area contributed by atoms with Gasteiger partial charge in [0.2, 0.25) is 0 Å². The average molecular weight is 378 g/mol. The highest BCUT2D eigenvalue weighted by Gasteiger charge is 2.15. The first-order valence-corrected chi connectivity index (χ1v) is 8.66. The normalized spacial score (nSPS) is 10.6. The van der Waals surface area contributed by atoms with Gasteiger partial charge in [-0.05, 0) is 23.6 Å². The van der Waals surface area contributed by atoms with Gasteiger partial charge >= 0.3 is 6.09 Å². The molecule has 0 saturated heterocycles. The van der Waals surface area contributed by atoms with Gasteiger partial charge in [0.15, 0.2) is 0 Å². The molecule has 0 saturated carbocycles. The molecule has 8 heteroatoms. The molecule has 3 rings (SSSR count). The van der Waals surface area contributed by atoms with Crippen LogP contribution in [0.25, 0.3) is 22.2 Å². The Balaban J connectivity index is 2.05. The summed E-state index contributed by atoms with van der Waals surface area (Å²) in [5, 5.41) is 18.9. The maximum absolute atomic E-state index is 11.4. The molecule has 0 radical (unpaired) electrons. The molecule has 28 heavy (non-hydrogen) atoms. The third-order valence-corrected chi connectivity index (χ3v) is 4.53. The number of nitrogen functional groups attached to an aromatic ring is 2. The Kier molecular flexibility index (Phi) is 5.30. The van der Waals surface area contributed by atoms with E-state index in [1.54, 1.807) is 18.2 Å². The van der Waals surface area contributed by atoms with Gasteiger partial charge in [-0.1, -0.05) is 36.4 Å². The highest BCUT2D eigenvalue weighted by Crippen LogP contribution is 2.31. The number of hydrogen-bond acceptors (Lipinski definition) is 4. The fourth-order valence-electron chi connectivity index (χ4n) is 3.11. The molecule has 0 unspecified atom stereocenters. The minimum absolute atomic E-state index is 0.00207. The van der Waals surface area contributed by atoms with Crippen LogP contribution in [-0.2, 0) is 11.2 Å². The van der Waals surface area contributed by atoms with Gasteiger partial charge in [0.05, 0.1) is 7.11 Å². The van der Waals surface area contributed by atoms with Crippen LogP contribution >= 0.6 is 0 Å². The molecule has 0 aliphatic heterocycles. The van der Waals surface area contributed by atoms with Crippen molar-refractivity contribution in [2.45, 2.75) is 6.42 Å². The maximum atomic E-state index is 11.4. The second kappa shape index (κ2) is 7.83. The number of fused-ring (bicyclic) bond motifs is 1. The van der Waals surface area contributed by atoms with E-state index in [0.717, 1.165) is 27.7 Å². The zero-order valence-electron chi connectivity index (χ0n) is 15.4. The number of rotatable bonds is 6. The number of aromatic nitrogens is 1. The number of ether oxygens (including phenoxy) is 1. The second-order valence-corrected chi connectivity index (χ2v) is 6.31. The van der Waals surface area contributed by atoms with Gasteiger partial charge < -0.3 is 26.5 Å². The van der Waals surface area contributed by atoms with Crippen molar-refractivity contribution in [1.29, 1.82) is 10.8 Å². The summed E-state index contributed by atoms with van der Waals surface area (Å²) in [7, 11) is 1.33. The number of hydrogen-bond donors (Lipinski definition) is 6. The molecule has 3 aromatic rings. The Morgan fingerprint density at radius 1 is 1.07 bits per heavy atom. The molecular formula is C20H22N6O2. The number of alkyl carbamates (subject to hydrolysis) is 1. The zero-order valence-corrected chi connectivity index (χ0v) is 15.4. The summed E-state index contributed by atoms with van der Waals surface area (Å²) >= 11 is 0. The Hall–Kier alpha value is -3.81. The third-order valence-electron chi connectivity index (χ3n) is 4.53. The zero-order chi connectivity index (χ0) is 20.3. The molecule has 0 aliphatic rings. The van der Waals surface area contributed by atoms with Crippen LogP contribution in [0.2, 0.25) is 0 Å². The molecular weight excluding hydrogens is 356 g/mol. The fourth-order valence-corrected chi connectivity index (χ4v) is 3.11. The van der Waals surface area contributed by atoms with E-state index in [9.17, 15) is 4.79 Å². The number of nitrogens with two attached hydrogens (primary N) is 2. The molecule has 0 fully saturated rings. The number of aromatic amines is 1. The lowest BCUT2D eigenvalue weighted by Gasteiger charge is -2.08. The molecule has 8 nitrogen and oxygen atoms in total.